The Balaban J connectivity index is 2.23. The Kier molecular flexibility index (Phi) is 3.05. The summed E-state index contributed by atoms with van der Waals surface area (Å²) in [6.45, 7) is 2.03. The van der Waals surface area contributed by atoms with Crippen molar-refractivity contribution in [3.63, 3.8) is 0 Å². The first-order chi connectivity index (χ1) is 7.63. The lowest BCUT2D eigenvalue weighted by molar-refractivity contribution is 1.21. The van der Waals surface area contributed by atoms with Crippen molar-refractivity contribution in [1.29, 1.82) is 0 Å². The molecule has 0 aliphatic heterocycles. The van der Waals surface area contributed by atoms with Crippen molar-refractivity contribution in [2.45, 2.75) is 6.92 Å². The van der Waals surface area contributed by atoms with Crippen molar-refractivity contribution < 1.29 is 0 Å². The third kappa shape index (κ3) is 2.70. The van der Waals surface area contributed by atoms with E-state index in [-0.39, 0.29) is 0 Å². The highest BCUT2D eigenvalue weighted by atomic mass is 79.9. The Bertz CT molecular complexity index is 476. The standard InChI is InChI=1S/C11H11BrN4/c1-7-2-8(12)4-9(3-7)16-11-6-14-10(13)5-15-11/h2-6H,1H3,(H2,13,14)(H,15,16). The summed E-state index contributed by atoms with van der Waals surface area (Å²) in [6.07, 6.45) is 3.12. The minimum Gasteiger partial charge on any atom is -0.382 e. The van der Waals surface area contributed by atoms with Crippen molar-refractivity contribution in [1.82, 2.24) is 9.97 Å². The van der Waals surface area contributed by atoms with Crippen molar-refractivity contribution in [3.05, 3.63) is 40.6 Å². The van der Waals surface area contributed by atoms with Crippen LogP contribution in [0, 0.1) is 6.92 Å². The van der Waals surface area contributed by atoms with Crippen LogP contribution in [0.4, 0.5) is 17.3 Å². The summed E-state index contributed by atoms with van der Waals surface area (Å²) >= 11 is 3.44. The van der Waals surface area contributed by atoms with Gasteiger partial charge in [-0.25, -0.2) is 9.97 Å². The van der Waals surface area contributed by atoms with Crippen LogP contribution in [0.5, 0.6) is 0 Å². The van der Waals surface area contributed by atoms with Crippen LogP contribution in [0.15, 0.2) is 35.1 Å². The van der Waals surface area contributed by atoms with Gasteiger partial charge in [0.25, 0.3) is 0 Å². The van der Waals surface area contributed by atoms with Gasteiger partial charge in [-0.2, -0.15) is 0 Å². The summed E-state index contributed by atoms with van der Waals surface area (Å²) in [5.74, 6) is 1.09. The molecule has 0 bridgehead atoms. The molecule has 1 heterocycles. The number of nitrogen functional groups attached to an aromatic ring is 1. The molecule has 82 valence electrons. The zero-order chi connectivity index (χ0) is 11.5. The molecule has 1 aromatic heterocycles. The van der Waals surface area contributed by atoms with Crippen LogP contribution in [0.1, 0.15) is 5.56 Å². The molecule has 1 aromatic carbocycles. The third-order valence-corrected chi connectivity index (χ3v) is 2.44. The Morgan fingerprint density at radius 1 is 1.19 bits per heavy atom. The van der Waals surface area contributed by atoms with Gasteiger partial charge in [0, 0.05) is 10.2 Å². The van der Waals surface area contributed by atoms with E-state index >= 15 is 0 Å². The minimum absolute atomic E-state index is 0.413. The lowest BCUT2D eigenvalue weighted by Crippen LogP contribution is -1.97. The predicted octanol–water partition coefficient (Wildman–Crippen LogP) is 2.87. The van der Waals surface area contributed by atoms with Crippen molar-refractivity contribution >= 4 is 33.3 Å². The van der Waals surface area contributed by atoms with Crippen LogP contribution in [0.25, 0.3) is 0 Å². The second kappa shape index (κ2) is 4.49. The number of rotatable bonds is 2. The van der Waals surface area contributed by atoms with Gasteiger partial charge in [0.15, 0.2) is 0 Å². The highest BCUT2D eigenvalue weighted by Gasteiger charge is 1.99. The van der Waals surface area contributed by atoms with E-state index in [0.717, 1.165) is 10.2 Å². The monoisotopic (exact) mass is 278 g/mol. The fraction of sp³-hybridized carbons (Fsp3) is 0.0909. The summed E-state index contributed by atoms with van der Waals surface area (Å²) in [5.41, 5.74) is 7.59. The second-order valence-corrected chi connectivity index (χ2v) is 4.38. The van der Waals surface area contributed by atoms with E-state index in [1.807, 2.05) is 25.1 Å². The largest absolute Gasteiger partial charge is 0.382 e. The molecular weight excluding hydrogens is 268 g/mol. The SMILES string of the molecule is Cc1cc(Br)cc(Nc2cnc(N)cn2)c1. The van der Waals surface area contributed by atoms with Crippen molar-refractivity contribution in [3.8, 4) is 0 Å². The van der Waals surface area contributed by atoms with E-state index in [1.165, 1.54) is 11.8 Å². The number of nitrogens with two attached hydrogens (primary N) is 1. The molecule has 0 aliphatic carbocycles. The van der Waals surface area contributed by atoms with Gasteiger partial charge in [-0.15, -0.1) is 0 Å². The summed E-state index contributed by atoms with van der Waals surface area (Å²) < 4.78 is 1.03. The molecule has 2 rings (SSSR count). The van der Waals surface area contributed by atoms with Gasteiger partial charge < -0.3 is 11.1 Å². The average molecular weight is 279 g/mol. The summed E-state index contributed by atoms with van der Waals surface area (Å²) in [6, 6.07) is 6.05. The second-order valence-electron chi connectivity index (χ2n) is 3.47. The zero-order valence-corrected chi connectivity index (χ0v) is 10.3. The van der Waals surface area contributed by atoms with E-state index in [9.17, 15) is 0 Å². The van der Waals surface area contributed by atoms with Crippen molar-refractivity contribution in [2.24, 2.45) is 0 Å². The third-order valence-electron chi connectivity index (χ3n) is 1.99. The van der Waals surface area contributed by atoms with Gasteiger partial charge >= 0.3 is 0 Å². The Labute approximate surface area is 102 Å². The van der Waals surface area contributed by atoms with E-state index in [4.69, 9.17) is 5.73 Å². The highest BCUT2D eigenvalue weighted by molar-refractivity contribution is 9.10. The molecule has 0 saturated heterocycles. The fourth-order valence-electron chi connectivity index (χ4n) is 1.36. The number of halogens is 1. The van der Waals surface area contributed by atoms with Gasteiger partial charge in [0.1, 0.15) is 11.6 Å². The molecule has 0 radical (unpaired) electrons. The fourth-order valence-corrected chi connectivity index (χ4v) is 1.97. The molecule has 5 heteroatoms. The Morgan fingerprint density at radius 2 is 2.00 bits per heavy atom. The Hall–Kier alpha value is -1.62. The highest BCUT2D eigenvalue weighted by Crippen LogP contribution is 2.21. The molecule has 0 unspecified atom stereocenters. The topological polar surface area (TPSA) is 63.8 Å². The van der Waals surface area contributed by atoms with Crippen LogP contribution >= 0.6 is 15.9 Å². The number of aryl methyl sites for hydroxylation is 1. The van der Waals surface area contributed by atoms with Gasteiger partial charge in [0.05, 0.1) is 12.4 Å². The zero-order valence-electron chi connectivity index (χ0n) is 8.74. The Morgan fingerprint density at radius 3 is 2.62 bits per heavy atom. The average Bonchev–Trinajstić information content (AvgIpc) is 2.20. The molecular formula is C11H11BrN4. The molecule has 0 spiro atoms. The van der Waals surface area contributed by atoms with E-state index in [0.29, 0.717) is 11.6 Å². The van der Waals surface area contributed by atoms with Crippen LogP contribution in [-0.2, 0) is 0 Å². The molecule has 3 N–H and O–H groups in total. The minimum atomic E-state index is 0.413. The smallest absolute Gasteiger partial charge is 0.149 e. The normalized spacial score (nSPS) is 10.1. The van der Waals surface area contributed by atoms with Gasteiger partial charge in [-0.1, -0.05) is 15.9 Å². The van der Waals surface area contributed by atoms with Crippen molar-refractivity contribution in [2.75, 3.05) is 11.1 Å². The predicted molar refractivity (Wildman–Crippen MR) is 68.6 cm³/mol. The number of hydrogen-bond donors (Lipinski definition) is 2. The quantitative estimate of drug-likeness (QED) is 0.887. The maximum atomic E-state index is 5.46. The van der Waals surface area contributed by atoms with E-state index in [1.54, 1.807) is 6.20 Å². The van der Waals surface area contributed by atoms with Gasteiger partial charge in [0.2, 0.25) is 0 Å². The molecule has 0 amide bonds. The number of benzene rings is 1. The number of hydrogen-bond acceptors (Lipinski definition) is 4. The molecule has 0 atom stereocenters. The van der Waals surface area contributed by atoms with Gasteiger partial charge in [-0.05, 0) is 30.7 Å². The molecule has 0 fully saturated rings. The van der Waals surface area contributed by atoms with Crippen LogP contribution in [-0.4, -0.2) is 9.97 Å². The molecule has 2 aromatic rings. The number of aromatic nitrogens is 2. The maximum Gasteiger partial charge on any atom is 0.149 e. The first-order valence-corrected chi connectivity index (χ1v) is 5.54. The van der Waals surface area contributed by atoms with E-state index < -0.39 is 0 Å². The first-order valence-electron chi connectivity index (χ1n) is 4.75. The first kappa shape index (κ1) is 10.9. The molecule has 0 aliphatic rings. The maximum absolute atomic E-state index is 5.46. The summed E-state index contributed by atoms with van der Waals surface area (Å²) in [7, 11) is 0. The van der Waals surface area contributed by atoms with Crippen LogP contribution in [0.2, 0.25) is 0 Å². The number of nitrogens with one attached hydrogen (secondary N) is 1. The molecule has 0 saturated carbocycles. The summed E-state index contributed by atoms with van der Waals surface area (Å²) in [5, 5.41) is 3.15. The lowest BCUT2D eigenvalue weighted by Gasteiger charge is -2.06. The number of nitrogens with zero attached hydrogens (tertiary/aromatic N) is 2. The number of anilines is 3. The summed E-state index contributed by atoms with van der Waals surface area (Å²) in [4.78, 5) is 8.08. The molecule has 4 nitrogen and oxygen atoms in total. The van der Waals surface area contributed by atoms with E-state index in [2.05, 4.69) is 31.2 Å². The van der Waals surface area contributed by atoms with Crippen LogP contribution in [0.3, 0.4) is 0 Å². The lowest BCUT2D eigenvalue weighted by atomic mass is 10.2. The molecule has 16 heavy (non-hydrogen) atoms. The van der Waals surface area contributed by atoms with Gasteiger partial charge in [-0.3, -0.25) is 0 Å². The van der Waals surface area contributed by atoms with Crippen LogP contribution < -0.4 is 11.1 Å².